The third kappa shape index (κ3) is 3.85. The Labute approximate surface area is 143 Å². The Kier molecular flexibility index (Phi) is 4.99. The Balaban J connectivity index is 1.84. The summed E-state index contributed by atoms with van der Waals surface area (Å²) in [5, 5.41) is 0. The van der Waals surface area contributed by atoms with E-state index in [1.54, 1.807) is 0 Å². The zero-order valence-corrected chi connectivity index (χ0v) is 14.6. The number of aryl methyl sites for hydroxylation is 2. The van der Waals surface area contributed by atoms with E-state index >= 15 is 0 Å². The Hall–Kier alpha value is -2.55. The summed E-state index contributed by atoms with van der Waals surface area (Å²) >= 11 is 0. The minimum atomic E-state index is 0.826. The van der Waals surface area contributed by atoms with Crippen LogP contribution in [0.4, 0.5) is 0 Å². The molecule has 0 aliphatic carbocycles. The predicted octanol–water partition coefficient (Wildman–Crippen LogP) is 4.23. The summed E-state index contributed by atoms with van der Waals surface area (Å²) < 4.78 is 0. The summed E-state index contributed by atoms with van der Waals surface area (Å²) in [5.74, 6) is 0.853. The van der Waals surface area contributed by atoms with Crippen molar-refractivity contribution in [1.82, 2.24) is 15.0 Å². The molecule has 2 aromatic heterocycles. The van der Waals surface area contributed by atoms with Crippen LogP contribution in [-0.2, 0) is 19.3 Å². The Morgan fingerprint density at radius 2 is 1.58 bits per heavy atom. The van der Waals surface area contributed by atoms with Crippen molar-refractivity contribution in [2.45, 2.75) is 40.0 Å². The highest BCUT2D eigenvalue weighted by Gasteiger charge is 2.09. The highest BCUT2D eigenvalue weighted by atomic mass is 14.9. The Morgan fingerprint density at radius 1 is 0.833 bits per heavy atom. The van der Waals surface area contributed by atoms with Gasteiger partial charge in [0.1, 0.15) is 5.82 Å². The molecule has 24 heavy (non-hydrogen) atoms. The summed E-state index contributed by atoms with van der Waals surface area (Å²) in [6, 6.07) is 14.7. The molecule has 3 heteroatoms. The maximum Gasteiger partial charge on any atom is 0.125 e. The number of benzene rings is 1. The van der Waals surface area contributed by atoms with Crippen molar-refractivity contribution in [2.24, 2.45) is 0 Å². The number of nitrogens with zero attached hydrogens (tertiary/aromatic N) is 3. The van der Waals surface area contributed by atoms with Gasteiger partial charge in [-0.05, 0) is 49.1 Å². The normalized spacial score (nSPS) is 10.8. The lowest BCUT2D eigenvalue weighted by Gasteiger charge is -2.11. The number of pyridine rings is 1. The van der Waals surface area contributed by atoms with Crippen molar-refractivity contribution in [3.8, 4) is 0 Å². The zero-order valence-electron chi connectivity index (χ0n) is 14.6. The van der Waals surface area contributed by atoms with Crippen LogP contribution >= 0.6 is 0 Å². The molecule has 0 unspecified atom stereocenters. The summed E-state index contributed by atoms with van der Waals surface area (Å²) in [7, 11) is 0. The van der Waals surface area contributed by atoms with Gasteiger partial charge in [-0.25, -0.2) is 9.97 Å². The van der Waals surface area contributed by atoms with Gasteiger partial charge < -0.3 is 0 Å². The Morgan fingerprint density at radius 3 is 2.33 bits per heavy atom. The van der Waals surface area contributed by atoms with E-state index in [4.69, 9.17) is 0 Å². The van der Waals surface area contributed by atoms with Gasteiger partial charge in [0.25, 0.3) is 0 Å². The van der Waals surface area contributed by atoms with Crippen LogP contribution in [0.2, 0.25) is 0 Å². The van der Waals surface area contributed by atoms with Crippen molar-refractivity contribution in [3.05, 3.63) is 88.3 Å². The average molecular weight is 317 g/mol. The molecule has 2 heterocycles. The molecule has 0 saturated carbocycles. The van der Waals surface area contributed by atoms with E-state index in [2.05, 4.69) is 65.2 Å². The minimum absolute atomic E-state index is 0.826. The summed E-state index contributed by atoms with van der Waals surface area (Å²) in [4.78, 5) is 13.7. The first kappa shape index (κ1) is 16.3. The van der Waals surface area contributed by atoms with E-state index in [-0.39, 0.29) is 0 Å². The summed E-state index contributed by atoms with van der Waals surface area (Å²) in [6.07, 6.45) is 4.53. The van der Waals surface area contributed by atoms with Gasteiger partial charge in [-0.15, -0.1) is 0 Å². The largest absolute Gasteiger partial charge is 0.261 e. The second kappa shape index (κ2) is 7.35. The third-order valence-electron chi connectivity index (χ3n) is 4.27. The molecule has 3 nitrogen and oxygen atoms in total. The molecule has 1 aromatic carbocycles. The SMILES string of the molecule is CCc1nc(C)nc(Cc2ccnc(Cc3ccccc3)c2)c1C. The standard InChI is InChI=1S/C21H23N3/c1-4-20-15(2)21(24-16(3)23-20)14-18-10-11-22-19(13-18)12-17-8-6-5-7-9-17/h5-11,13H,4,12,14H2,1-3H3. The lowest BCUT2D eigenvalue weighted by molar-refractivity contribution is 0.876. The topological polar surface area (TPSA) is 38.7 Å². The fourth-order valence-corrected chi connectivity index (χ4v) is 3.00. The molecule has 0 atom stereocenters. The predicted molar refractivity (Wildman–Crippen MR) is 97.2 cm³/mol. The molecule has 0 fully saturated rings. The second-order valence-electron chi connectivity index (χ2n) is 6.14. The van der Waals surface area contributed by atoms with E-state index in [9.17, 15) is 0 Å². The van der Waals surface area contributed by atoms with Crippen LogP contribution in [0.1, 0.15) is 46.5 Å². The van der Waals surface area contributed by atoms with Crippen molar-refractivity contribution in [3.63, 3.8) is 0 Å². The third-order valence-corrected chi connectivity index (χ3v) is 4.27. The van der Waals surface area contributed by atoms with Crippen LogP contribution < -0.4 is 0 Å². The fourth-order valence-electron chi connectivity index (χ4n) is 3.00. The number of aromatic nitrogens is 3. The Bertz CT molecular complexity index is 826. The van der Waals surface area contributed by atoms with Gasteiger partial charge >= 0.3 is 0 Å². The first-order chi connectivity index (χ1) is 11.7. The molecule has 0 aliphatic heterocycles. The van der Waals surface area contributed by atoms with Crippen molar-refractivity contribution in [2.75, 3.05) is 0 Å². The van der Waals surface area contributed by atoms with Crippen LogP contribution in [0.25, 0.3) is 0 Å². The number of rotatable bonds is 5. The van der Waals surface area contributed by atoms with E-state index in [0.717, 1.165) is 42.2 Å². The van der Waals surface area contributed by atoms with Crippen LogP contribution in [0.5, 0.6) is 0 Å². The fraction of sp³-hybridized carbons (Fsp3) is 0.286. The lowest BCUT2D eigenvalue weighted by atomic mass is 10.0. The zero-order chi connectivity index (χ0) is 16.9. The molecule has 0 bridgehead atoms. The van der Waals surface area contributed by atoms with Gasteiger partial charge in [0.2, 0.25) is 0 Å². The molecule has 0 radical (unpaired) electrons. The van der Waals surface area contributed by atoms with E-state index in [0.29, 0.717) is 0 Å². The van der Waals surface area contributed by atoms with Crippen LogP contribution in [0.3, 0.4) is 0 Å². The quantitative estimate of drug-likeness (QED) is 0.707. The van der Waals surface area contributed by atoms with Gasteiger partial charge in [0.05, 0.1) is 5.69 Å². The molecule has 0 N–H and O–H groups in total. The van der Waals surface area contributed by atoms with E-state index < -0.39 is 0 Å². The average Bonchev–Trinajstić information content (AvgIpc) is 2.59. The first-order valence-electron chi connectivity index (χ1n) is 8.46. The first-order valence-corrected chi connectivity index (χ1v) is 8.46. The smallest absolute Gasteiger partial charge is 0.125 e. The monoisotopic (exact) mass is 317 g/mol. The van der Waals surface area contributed by atoms with Crippen molar-refractivity contribution >= 4 is 0 Å². The molecule has 0 amide bonds. The highest BCUT2D eigenvalue weighted by Crippen LogP contribution is 2.17. The van der Waals surface area contributed by atoms with Gasteiger partial charge in [-0.3, -0.25) is 4.98 Å². The summed E-state index contributed by atoms with van der Waals surface area (Å²) in [5.41, 5.74) is 7.11. The van der Waals surface area contributed by atoms with Crippen LogP contribution in [-0.4, -0.2) is 15.0 Å². The molecule has 0 spiro atoms. The minimum Gasteiger partial charge on any atom is -0.261 e. The van der Waals surface area contributed by atoms with Crippen LogP contribution in [0, 0.1) is 13.8 Å². The second-order valence-corrected chi connectivity index (χ2v) is 6.14. The molecular formula is C21H23N3. The number of hydrogen-bond acceptors (Lipinski definition) is 3. The van der Waals surface area contributed by atoms with E-state index in [1.807, 2.05) is 19.2 Å². The number of hydrogen-bond donors (Lipinski definition) is 0. The maximum absolute atomic E-state index is 4.66. The maximum atomic E-state index is 4.66. The molecule has 3 aromatic rings. The van der Waals surface area contributed by atoms with E-state index in [1.165, 1.54) is 16.7 Å². The van der Waals surface area contributed by atoms with Gasteiger partial charge in [0, 0.05) is 30.4 Å². The van der Waals surface area contributed by atoms with Crippen LogP contribution in [0.15, 0.2) is 48.7 Å². The van der Waals surface area contributed by atoms with Crippen molar-refractivity contribution < 1.29 is 0 Å². The highest BCUT2D eigenvalue weighted by molar-refractivity contribution is 5.31. The molecule has 0 aliphatic rings. The van der Waals surface area contributed by atoms with Gasteiger partial charge in [-0.1, -0.05) is 37.3 Å². The summed E-state index contributed by atoms with van der Waals surface area (Å²) in [6.45, 7) is 6.23. The van der Waals surface area contributed by atoms with Gasteiger partial charge in [-0.2, -0.15) is 0 Å². The molecule has 122 valence electrons. The molecular weight excluding hydrogens is 294 g/mol. The molecule has 0 saturated heterocycles. The lowest BCUT2D eigenvalue weighted by Crippen LogP contribution is -2.06. The molecule has 3 rings (SSSR count). The van der Waals surface area contributed by atoms with Gasteiger partial charge in [0.15, 0.2) is 0 Å². The van der Waals surface area contributed by atoms with Crippen molar-refractivity contribution in [1.29, 1.82) is 0 Å².